The molecule has 0 aliphatic rings. The lowest BCUT2D eigenvalue weighted by Crippen LogP contribution is -2.45. The van der Waals surface area contributed by atoms with Gasteiger partial charge in [-0.3, -0.25) is 4.79 Å². The maximum Gasteiger partial charge on any atom is 0.242 e. The number of hydrogen-bond donors (Lipinski definition) is 1. The Balaban J connectivity index is 0.00000361. The number of carbonyl (C=O) groups excluding carboxylic acids is 1. The minimum atomic E-state index is -0.939. The number of amides is 1. The van der Waals surface area contributed by atoms with Gasteiger partial charge in [-0.25, -0.2) is 8.78 Å². The van der Waals surface area contributed by atoms with Crippen LogP contribution in [0.1, 0.15) is 18.5 Å². The van der Waals surface area contributed by atoms with Crippen LogP contribution in [0, 0.1) is 11.6 Å². The van der Waals surface area contributed by atoms with Crippen molar-refractivity contribution >= 4 is 18.3 Å². The maximum atomic E-state index is 13.2. The summed E-state index contributed by atoms with van der Waals surface area (Å²) in [7, 11) is 3.01. The molecule has 20 heavy (non-hydrogen) atoms. The average molecular weight is 309 g/mol. The Hall–Kier alpha value is -1.24. The Morgan fingerprint density at radius 1 is 1.40 bits per heavy atom. The first-order valence-corrected chi connectivity index (χ1v) is 5.84. The van der Waals surface area contributed by atoms with Crippen LogP contribution in [-0.2, 0) is 9.53 Å². The lowest BCUT2D eigenvalue weighted by molar-refractivity contribution is -0.134. The summed E-state index contributed by atoms with van der Waals surface area (Å²) < 4.78 is 30.8. The zero-order valence-corrected chi connectivity index (χ0v) is 12.4. The highest BCUT2D eigenvalue weighted by Crippen LogP contribution is 2.21. The number of halogens is 3. The van der Waals surface area contributed by atoms with Crippen molar-refractivity contribution < 1.29 is 18.3 Å². The molecule has 2 unspecified atom stereocenters. The summed E-state index contributed by atoms with van der Waals surface area (Å²) >= 11 is 0. The molecule has 114 valence electrons. The van der Waals surface area contributed by atoms with Crippen LogP contribution < -0.4 is 5.73 Å². The average Bonchev–Trinajstić information content (AvgIpc) is 2.39. The molecule has 0 radical (unpaired) electrons. The Bertz CT molecular complexity index is 460. The van der Waals surface area contributed by atoms with E-state index in [1.165, 1.54) is 18.1 Å². The molecule has 0 aliphatic heterocycles. The van der Waals surface area contributed by atoms with E-state index in [0.29, 0.717) is 5.56 Å². The van der Waals surface area contributed by atoms with Crippen LogP contribution >= 0.6 is 12.4 Å². The predicted octanol–water partition coefficient (Wildman–Crippen LogP) is 1.88. The van der Waals surface area contributed by atoms with E-state index in [-0.39, 0.29) is 24.9 Å². The second-order valence-corrected chi connectivity index (χ2v) is 4.36. The fourth-order valence-corrected chi connectivity index (χ4v) is 1.70. The number of carbonyl (C=O) groups is 1. The first-order valence-electron chi connectivity index (χ1n) is 5.84. The number of hydrogen-bond acceptors (Lipinski definition) is 3. The van der Waals surface area contributed by atoms with Crippen LogP contribution in [0.4, 0.5) is 8.78 Å². The van der Waals surface area contributed by atoms with Gasteiger partial charge in [-0.15, -0.1) is 12.4 Å². The molecule has 0 aromatic heterocycles. The lowest BCUT2D eigenvalue weighted by Gasteiger charge is -2.27. The molecule has 0 fully saturated rings. The van der Waals surface area contributed by atoms with Crippen LogP contribution in [0.3, 0.4) is 0 Å². The Morgan fingerprint density at radius 2 is 2.00 bits per heavy atom. The van der Waals surface area contributed by atoms with E-state index in [4.69, 9.17) is 10.5 Å². The van der Waals surface area contributed by atoms with Gasteiger partial charge in [-0.05, 0) is 24.6 Å². The number of methoxy groups -OCH3 is 1. The van der Waals surface area contributed by atoms with Crippen molar-refractivity contribution in [2.45, 2.75) is 19.0 Å². The molecule has 0 aliphatic carbocycles. The van der Waals surface area contributed by atoms with Crippen LogP contribution in [0.25, 0.3) is 0 Å². The molecular weight excluding hydrogens is 290 g/mol. The quantitative estimate of drug-likeness (QED) is 0.903. The first kappa shape index (κ1) is 18.8. The largest absolute Gasteiger partial charge is 0.383 e. The van der Waals surface area contributed by atoms with Gasteiger partial charge in [0.2, 0.25) is 5.91 Å². The second-order valence-electron chi connectivity index (χ2n) is 4.36. The summed E-state index contributed by atoms with van der Waals surface area (Å²) in [4.78, 5) is 13.3. The molecular formula is C13H19ClF2N2O2. The Morgan fingerprint density at radius 3 is 2.50 bits per heavy atom. The number of ether oxygens (including phenoxy) is 1. The van der Waals surface area contributed by atoms with Gasteiger partial charge in [-0.2, -0.15) is 0 Å². The molecule has 0 saturated heterocycles. The SMILES string of the molecule is COCC(N)C(=O)N(C)C(C)c1ccc(F)c(F)c1.Cl. The van der Waals surface area contributed by atoms with Gasteiger partial charge < -0.3 is 15.4 Å². The fraction of sp³-hybridized carbons (Fsp3) is 0.462. The molecule has 0 saturated carbocycles. The summed E-state index contributed by atoms with van der Waals surface area (Å²) in [6.07, 6.45) is 0. The molecule has 1 rings (SSSR count). The van der Waals surface area contributed by atoms with Gasteiger partial charge in [0.1, 0.15) is 6.04 Å². The number of benzene rings is 1. The predicted molar refractivity (Wildman–Crippen MR) is 74.6 cm³/mol. The van der Waals surface area contributed by atoms with Gasteiger partial charge in [0.05, 0.1) is 12.6 Å². The van der Waals surface area contributed by atoms with Gasteiger partial charge in [0.25, 0.3) is 0 Å². The smallest absolute Gasteiger partial charge is 0.242 e. The van der Waals surface area contributed by atoms with Gasteiger partial charge in [0.15, 0.2) is 11.6 Å². The van der Waals surface area contributed by atoms with Crippen LogP contribution in [-0.4, -0.2) is 37.6 Å². The van der Waals surface area contributed by atoms with E-state index in [1.54, 1.807) is 14.0 Å². The molecule has 1 aromatic carbocycles. The number of likely N-dealkylation sites (N-methyl/N-ethyl adjacent to an activating group) is 1. The van der Waals surface area contributed by atoms with Crippen LogP contribution in [0.2, 0.25) is 0 Å². The van der Waals surface area contributed by atoms with E-state index in [1.807, 2.05) is 0 Å². The third-order valence-corrected chi connectivity index (χ3v) is 3.02. The molecule has 0 bridgehead atoms. The van der Waals surface area contributed by atoms with E-state index in [0.717, 1.165) is 12.1 Å². The Kier molecular flexibility index (Phi) is 7.63. The molecule has 1 aromatic rings. The van der Waals surface area contributed by atoms with E-state index in [2.05, 4.69) is 0 Å². The van der Waals surface area contributed by atoms with Crippen LogP contribution in [0.5, 0.6) is 0 Å². The molecule has 0 heterocycles. The van der Waals surface area contributed by atoms with Crippen molar-refractivity contribution in [1.29, 1.82) is 0 Å². The number of nitrogens with two attached hydrogens (primary N) is 1. The third kappa shape index (κ3) is 4.40. The van der Waals surface area contributed by atoms with Crippen molar-refractivity contribution in [3.63, 3.8) is 0 Å². The molecule has 7 heteroatoms. The number of nitrogens with zero attached hydrogens (tertiary/aromatic N) is 1. The summed E-state index contributed by atoms with van der Waals surface area (Å²) in [5.41, 5.74) is 6.15. The van der Waals surface area contributed by atoms with Crippen molar-refractivity contribution in [3.8, 4) is 0 Å². The molecule has 2 N–H and O–H groups in total. The molecule has 4 nitrogen and oxygen atoms in total. The normalized spacial score (nSPS) is 13.3. The van der Waals surface area contributed by atoms with E-state index < -0.39 is 23.7 Å². The van der Waals surface area contributed by atoms with Crippen molar-refractivity contribution in [1.82, 2.24) is 4.90 Å². The third-order valence-electron chi connectivity index (χ3n) is 3.02. The summed E-state index contributed by atoms with van der Waals surface area (Å²) in [6, 6.07) is 2.36. The van der Waals surface area contributed by atoms with Gasteiger partial charge >= 0.3 is 0 Å². The molecule has 0 spiro atoms. The second kappa shape index (κ2) is 8.14. The monoisotopic (exact) mass is 308 g/mol. The highest BCUT2D eigenvalue weighted by Gasteiger charge is 2.23. The van der Waals surface area contributed by atoms with Crippen LogP contribution in [0.15, 0.2) is 18.2 Å². The molecule has 1 amide bonds. The van der Waals surface area contributed by atoms with Crippen molar-refractivity contribution in [2.24, 2.45) is 5.73 Å². The highest BCUT2D eigenvalue weighted by atomic mass is 35.5. The van der Waals surface area contributed by atoms with Gasteiger partial charge in [0, 0.05) is 14.2 Å². The fourth-order valence-electron chi connectivity index (χ4n) is 1.70. The van der Waals surface area contributed by atoms with Crippen molar-refractivity contribution in [2.75, 3.05) is 20.8 Å². The lowest BCUT2D eigenvalue weighted by atomic mass is 10.1. The van der Waals surface area contributed by atoms with E-state index in [9.17, 15) is 13.6 Å². The summed E-state index contributed by atoms with van der Waals surface area (Å²) in [6.45, 7) is 1.82. The minimum Gasteiger partial charge on any atom is -0.383 e. The van der Waals surface area contributed by atoms with Gasteiger partial charge in [-0.1, -0.05) is 6.07 Å². The maximum absolute atomic E-state index is 13.2. The first-order chi connectivity index (χ1) is 8.88. The zero-order chi connectivity index (χ0) is 14.6. The van der Waals surface area contributed by atoms with E-state index >= 15 is 0 Å². The summed E-state index contributed by atoms with van der Waals surface area (Å²) in [5, 5.41) is 0. The zero-order valence-electron chi connectivity index (χ0n) is 11.6. The minimum absolute atomic E-state index is 0. The van der Waals surface area contributed by atoms with Crippen molar-refractivity contribution in [3.05, 3.63) is 35.4 Å². The number of rotatable bonds is 5. The topological polar surface area (TPSA) is 55.6 Å². The Labute approximate surface area is 123 Å². The summed E-state index contributed by atoms with van der Waals surface area (Å²) in [5.74, 6) is -2.17. The molecule has 2 atom stereocenters. The standard InChI is InChI=1S/C13H18F2N2O2.ClH/c1-8(9-4-5-10(14)11(15)6-9)17(2)13(18)12(16)7-19-3;/h4-6,8,12H,7,16H2,1-3H3;1H. The highest BCUT2D eigenvalue weighted by molar-refractivity contribution is 5.85.